The van der Waals surface area contributed by atoms with Crippen molar-refractivity contribution in [3.8, 4) is 0 Å². The molecule has 1 saturated heterocycles. The van der Waals surface area contributed by atoms with Crippen molar-refractivity contribution >= 4 is 23.9 Å². The Kier molecular flexibility index (Phi) is 4.64. The molecule has 0 amide bonds. The lowest BCUT2D eigenvalue weighted by Crippen LogP contribution is -2.49. The Morgan fingerprint density at radius 3 is 2.41 bits per heavy atom. The van der Waals surface area contributed by atoms with Crippen molar-refractivity contribution in [1.82, 2.24) is 0 Å². The maximum absolute atomic E-state index is 12.7. The van der Waals surface area contributed by atoms with E-state index in [1.807, 2.05) is 13.8 Å². The standard InChI is InChI=1S/C20H28O7/c1-9-10-6-11(15(21)22)13(7-10)20(9,4)14-12(16(23)27-17(14)24)8-19(2,3)18(25)26-5/h9-14H,6-8H2,1-5H3,(H,21,22). The molecule has 2 saturated carbocycles. The van der Waals surface area contributed by atoms with Crippen molar-refractivity contribution in [2.24, 2.45) is 46.3 Å². The second kappa shape index (κ2) is 6.31. The van der Waals surface area contributed by atoms with Crippen LogP contribution in [0, 0.1) is 46.3 Å². The summed E-state index contributed by atoms with van der Waals surface area (Å²) in [5, 5.41) is 9.63. The third-order valence-corrected chi connectivity index (χ3v) is 7.70. The van der Waals surface area contributed by atoms with Crippen LogP contribution in [0.15, 0.2) is 0 Å². The van der Waals surface area contributed by atoms with Crippen LogP contribution < -0.4 is 0 Å². The summed E-state index contributed by atoms with van der Waals surface area (Å²) in [7, 11) is 1.29. The van der Waals surface area contributed by atoms with Gasteiger partial charge in [0.05, 0.1) is 30.3 Å². The van der Waals surface area contributed by atoms with Crippen LogP contribution in [0.5, 0.6) is 0 Å². The molecule has 0 aromatic rings. The van der Waals surface area contributed by atoms with Crippen LogP contribution in [0.4, 0.5) is 0 Å². The summed E-state index contributed by atoms with van der Waals surface area (Å²) in [6.45, 7) is 7.33. The molecule has 2 bridgehead atoms. The number of hydrogen-bond acceptors (Lipinski definition) is 6. The zero-order valence-electron chi connectivity index (χ0n) is 16.5. The fourth-order valence-corrected chi connectivity index (χ4v) is 6.14. The van der Waals surface area contributed by atoms with Crippen molar-refractivity contribution in [3.05, 3.63) is 0 Å². The van der Waals surface area contributed by atoms with Gasteiger partial charge in [0.25, 0.3) is 0 Å². The molecule has 1 heterocycles. The second-order valence-corrected chi connectivity index (χ2v) is 9.34. The first kappa shape index (κ1) is 19.8. The molecule has 7 nitrogen and oxygen atoms in total. The van der Waals surface area contributed by atoms with E-state index in [1.54, 1.807) is 13.8 Å². The second-order valence-electron chi connectivity index (χ2n) is 9.34. The largest absolute Gasteiger partial charge is 0.481 e. The van der Waals surface area contributed by atoms with Crippen LogP contribution in [0.25, 0.3) is 0 Å². The van der Waals surface area contributed by atoms with Gasteiger partial charge in [-0.25, -0.2) is 0 Å². The van der Waals surface area contributed by atoms with Crippen molar-refractivity contribution in [1.29, 1.82) is 0 Å². The lowest BCUT2D eigenvalue weighted by Gasteiger charge is -2.46. The van der Waals surface area contributed by atoms with Crippen LogP contribution >= 0.6 is 0 Å². The van der Waals surface area contributed by atoms with Gasteiger partial charge in [0.1, 0.15) is 0 Å². The van der Waals surface area contributed by atoms with E-state index in [0.717, 1.165) is 6.42 Å². The molecule has 2 aliphatic carbocycles. The average Bonchev–Trinajstić information content (AvgIpc) is 3.21. The number of carbonyl (C=O) groups is 4. The van der Waals surface area contributed by atoms with Gasteiger partial charge >= 0.3 is 23.9 Å². The Morgan fingerprint density at radius 2 is 1.89 bits per heavy atom. The van der Waals surface area contributed by atoms with Crippen LogP contribution in [-0.4, -0.2) is 36.1 Å². The topological polar surface area (TPSA) is 107 Å². The van der Waals surface area contributed by atoms with Gasteiger partial charge in [-0.3, -0.25) is 19.2 Å². The highest BCUT2D eigenvalue weighted by molar-refractivity contribution is 5.97. The summed E-state index contributed by atoms with van der Waals surface area (Å²) in [5.74, 6) is -4.37. The van der Waals surface area contributed by atoms with Crippen molar-refractivity contribution in [3.63, 3.8) is 0 Å². The molecule has 1 aliphatic heterocycles. The number of carboxylic acids is 1. The first-order chi connectivity index (χ1) is 12.4. The maximum atomic E-state index is 12.7. The van der Waals surface area contributed by atoms with Gasteiger partial charge in [-0.05, 0) is 56.3 Å². The molecule has 3 rings (SSSR count). The fraction of sp³-hybridized carbons (Fsp3) is 0.800. The van der Waals surface area contributed by atoms with Gasteiger partial charge in [0.2, 0.25) is 0 Å². The van der Waals surface area contributed by atoms with Gasteiger partial charge in [0.15, 0.2) is 0 Å². The number of carbonyl (C=O) groups excluding carboxylic acids is 3. The zero-order chi connectivity index (χ0) is 20.3. The van der Waals surface area contributed by atoms with E-state index in [1.165, 1.54) is 7.11 Å². The van der Waals surface area contributed by atoms with Gasteiger partial charge < -0.3 is 14.6 Å². The summed E-state index contributed by atoms with van der Waals surface area (Å²) in [4.78, 5) is 49.1. The van der Waals surface area contributed by atoms with Crippen molar-refractivity contribution in [2.45, 2.75) is 47.0 Å². The third-order valence-electron chi connectivity index (χ3n) is 7.70. The Bertz CT molecular complexity index is 696. The van der Waals surface area contributed by atoms with E-state index < -0.39 is 52.5 Å². The van der Waals surface area contributed by atoms with E-state index in [4.69, 9.17) is 9.47 Å². The molecule has 0 aromatic heterocycles. The minimum atomic E-state index is -0.954. The molecular formula is C20H28O7. The number of fused-ring (bicyclic) bond motifs is 2. The predicted molar refractivity (Wildman–Crippen MR) is 93.1 cm³/mol. The maximum Gasteiger partial charge on any atom is 0.318 e. The zero-order valence-corrected chi connectivity index (χ0v) is 16.5. The van der Waals surface area contributed by atoms with Crippen LogP contribution in [0.1, 0.15) is 47.0 Å². The summed E-state index contributed by atoms with van der Waals surface area (Å²) < 4.78 is 9.84. The van der Waals surface area contributed by atoms with Gasteiger partial charge in [-0.15, -0.1) is 0 Å². The molecular weight excluding hydrogens is 352 g/mol. The quantitative estimate of drug-likeness (QED) is 0.576. The number of cyclic esters (lactones) is 2. The fourth-order valence-electron chi connectivity index (χ4n) is 6.14. The molecule has 0 aromatic carbocycles. The Balaban J connectivity index is 1.97. The summed E-state index contributed by atoms with van der Waals surface area (Å²) in [6, 6.07) is 0. The van der Waals surface area contributed by atoms with E-state index >= 15 is 0 Å². The Hall–Kier alpha value is -1.92. The average molecular weight is 380 g/mol. The molecule has 7 heteroatoms. The number of rotatable bonds is 5. The van der Waals surface area contributed by atoms with Gasteiger partial charge in [-0.2, -0.15) is 0 Å². The number of hydrogen-bond donors (Lipinski definition) is 1. The van der Waals surface area contributed by atoms with Crippen LogP contribution in [-0.2, 0) is 28.7 Å². The van der Waals surface area contributed by atoms with Crippen LogP contribution in [0.2, 0.25) is 0 Å². The van der Waals surface area contributed by atoms with Crippen molar-refractivity contribution in [2.75, 3.05) is 7.11 Å². The van der Waals surface area contributed by atoms with E-state index in [9.17, 15) is 24.3 Å². The monoisotopic (exact) mass is 380 g/mol. The first-order valence-corrected chi connectivity index (χ1v) is 9.51. The molecule has 150 valence electrons. The molecule has 3 aliphatic rings. The van der Waals surface area contributed by atoms with Crippen LogP contribution in [0.3, 0.4) is 0 Å². The third kappa shape index (κ3) is 2.77. The van der Waals surface area contributed by atoms with E-state index in [-0.39, 0.29) is 24.2 Å². The normalized spacial score (nSPS) is 40.9. The highest BCUT2D eigenvalue weighted by atomic mass is 16.6. The highest BCUT2D eigenvalue weighted by Crippen LogP contribution is 2.67. The van der Waals surface area contributed by atoms with E-state index in [0.29, 0.717) is 6.42 Å². The number of esters is 3. The summed E-state index contributed by atoms with van der Waals surface area (Å²) in [5.41, 5.74) is -1.60. The molecule has 7 unspecified atom stereocenters. The predicted octanol–water partition coefficient (Wildman–Crippen LogP) is 2.27. The number of aliphatic carboxylic acids is 1. The smallest absolute Gasteiger partial charge is 0.318 e. The Morgan fingerprint density at radius 1 is 1.26 bits per heavy atom. The van der Waals surface area contributed by atoms with Gasteiger partial charge in [-0.1, -0.05) is 13.8 Å². The Labute approximate surface area is 158 Å². The minimum absolute atomic E-state index is 0.102. The molecule has 1 N–H and O–H groups in total. The molecule has 0 spiro atoms. The van der Waals surface area contributed by atoms with Crippen molar-refractivity contribution < 1.29 is 33.8 Å². The molecule has 0 radical (unpaired) electrons. The number of methoxy groups -OCH3 is 1. The summed E-state index contributed by atoms with van der Waals surface area (Å²) >= 11 is 0. The lowest BCUT2D eigenvalue weighted by molar-refractivity contribution is -0.158. The lowest BCUT2D eigenvalue weighted by atomic mass is 9.55. The van der Waals surface area contributed by atoms with Gasteiger partial charge in [0, 0.05) is 0 Å². The molecule has 27 heavy (non-hydrogen) atoms. The SMILES string of the molecule is COC(=O)C(C)(C)CC1C(=O)OC(=O)C1C1(C)C(C)C2CC(C(=O)O)C1C2. The highest BCUT2D eigenvalue weighted by Gasteiger charge is 2.67. The summed E-state index contributed by atoms with van der Waals surface area (Å²) in [6.07, 6.45) is 1.50. The van der Waals surface area contributed by atoms with E-state index in [2.05, 4.69) is 0 Å². The number of carboxylic acid groups (broad SMARTS) is 1. The number of ether oxygens (including phenoxy) is 2. The minimum Gasteiger partial charge on any atom is -0.481 e. The first-order valence-electron chi connectivity index (χ1n) is 9.51. The molecule has 3 fully saturated rings. The molecule has 7 atom stereocenters.